The Kier molecular flexibility index (Phi) is 4.92. The van der Waals surface area contributed by atoms with Crippen LogP contribution in [0.2, 0.25) is 0 Å². The molecule has 2 aromatic rings. The number of nitrogens with one attached hydrogen (secondary N) is 1. The molecule has 7 heteroatoms. The Morgan fingerprint density at radius 3 is 2.96 bits per heavy atom. The van der Waals surface area contributed by atoms with Crippen molar-refractivity contribution < 1.29 is 13.5 Å². The van der Waals surface area contributed by atoms with Crippen LogP contribution in [0.4, 0.5) is 10.1 Å². The first-order valence-corrected chi connectivity index (χ1v) is 9.43. The molecule has 1 aromatic heterocycles. The van der Waals surface area contributed by atoms with Crippen molar-refractivity contribution in [3.8, 4) is 0 Å². The highest BCUT2D eigenvalue weighted by Gasteiger charge is 2.28. The zero-order chi connectivity index (χ0) is 19.1. The summed E-state index contributed by atoms with van der Waals surface area (Å²) in [6, 6.07) is 1.85. The SMILES string of the molecule is COC[C@H]1CN(c2cc(F)c3c4c(c(=O)oc3c2C)CNCC4)CCN1C. The molecule has 0 unspecified atom stereocenters. The van der Waals surface area contributed by atoms with Crippen LogP contribution in [0.3, 0.4) is 0 Å². The van der Waals surface area contributed by atoms with Gasteiger partial charge in [-0.2, -0.15) is 0 Å². The topological polar surface area (TPSA) is 58.0 Å². The van der Waals surface area contributed by atoms with Gasteiger partial charge in [-0.15, -0.1) is 0 Å². The number of nitrogens with zero attached hydrogens (tertiary/aromatic N) is 2. The maximum absolute atomic E-state index is 15.2. The number of rotatable bonds is 3. The summed E-state index contributed by atoms with van der Waals surface area (Å²) in [6.45, 7) is 6.12. The van der Waals surface area contributed by atoms with Gasteiger partial charge < -0.3 is 19.4 Å². The van der Waals surface area contributed by atoms with E-state index in [1.807, 2.05) is 6.92 Å². The van der Waals surface area contributed by atoms with Crippen LogP contribution in [0.1, 0.15) is 16.7 Å². The van der Waals surface area contributed by atoms with Crippen LogP contribution >= 0.6 is 0 Å². The van der Waals surface area contributed by atoms with Gasteiger partial charge in [0.1, 0.15) is 11.4 Å². The molecule has 1 atom stereocenters. The predicted octanol–water partition coefficient (Wildman–Crippen LogP) is 1.65. The Morgan fingerprint density at radius 2 is 2.19 bits per heavy atom. The number of aryl methyl sites for hydroxylation is 1. The molecule has 2 aliphatic rings. The van der Waals surface area contributed by atoms with Gasteiger partial charge in [0.2, 0.25) is 0 Å². The lowest BCUT2D eigenvalue weighted by Gasteiger charge is -2.41. The fourth-order valence-corrected chi connectivity index (χ4v) is 4.30. The summed E-state index contributed by atoms with van der Waals surface area (Å²) < 4.78 is 26.1. The molecule has 1 aromatic carbocycles. The fraction of sp³-hybridized carbons (Fsp3) is 0.550. The zero-order valence-corrected chi connectivity index (χ0v) is 16.1. The Morgan fingerprint density at radius 1 is 1.37 bits per heavy atom. The third kappa shape index (κ3) is 3.13. The van der Waals surface area contributed by atoms with Crippen molar-refractivity contribution in [1.82, 2.24) is 10.2 Å². The zero-order valence-electron chi connectivity index (χ0n) is 16.1. The van der Waals surface area contributed by atoms with Crippen molar-refractivity contribution in [1.29, 1.82) is 0 Å². The summed E-state index contributed by atoms with van der Waals surface area (Å²) >= 11 is 0. The monoisotopic (exact) mass is 375 g/mol. The van der Waals surface area contributed by atoms with Crippen LogP contribution in [0.15, 0.2) is 15.3 Å². The Bertz CT molecular complexity index is 927. The van der Waals surface area contributed by atoms with E-state index in [4.69, 9.17) is 9.15 Å². The molecule has 6 nitrogen and oxygen atoms in total. The molecule has 1 saturated heterocycles. The lowest BCUT2D eigenvalue weighted by molar-refractivity contribution is 0.0987. The Labute approximate surface area is 157 Å². The molecule has 146 valence electrons. The van der Waals surface area contributed by atoms with E-state index in [0.29, 0.717) is 36.1 Å². The second kappa shape index (κ2) is 7.22. The van der Waals surface area contributed by atoms with Crippen LogP contribution in [0.25, 0.3) is 11.0 Å². The highest BCUT2D eigenvalue weighted by atomic mass is 19.1. The molecule has 27 heavy (non-hydrogen) atoms. The maximum Gasteiger partial charge on any atom is 0.341 e. The summed E-state index contributed by atoms with van der Waals surface area (Å²) in [4.78, 5) is 16.9. The largest absolute Gasteiger partial charge is 0.422 e. The molecule has 0 spiro atoms. The Hall–Kier alpha value is -1.96. The van der Waals surface area contributed by atoms with Crippen molar-refractivity contribution in [2.45, 2.75) is 25.9 Å². The molecule has 0 aliphatic carbocycles. The van der Waals surface area contributed by atoms with Crippen LogP contribution in [0, 0.1) is 12.7 Å². The van der Waals surface area contributed by atoms with Crippen molar-refractivity contribution in [2.75, 3.05) is 51.8 Å². The summed E-state index contributed by atoms with van der Waals surface area (Å²) in [6.07, 6.45) is 0.636. The molecule has 2 aliphatic heterocycles. The van der Waals surface area contributed by atoms with Gasteiger partial charge in [-0.25, -0.2) is 9.18 Å². The molecule has 0 bridgehead atoms. The summed E-state index contributed by atoms with van der Waals surface area (Å²) in [7, 11) is 3.77. The van der Waals surface area contributed by atoms with Gasteiger partial charge in [-0.1, -0.05) is 0 Å². The number of piperazine rings is 1. The number of halogens is 1. The third-order valence-corrected chi connectivity index (χ3v) is 5.89. The van der Waals surface area contributed by atoms with Gasteiger partial charge in [0.05, 0.1) is 23.6 Å². The number of hydrogen-bond acceptors (Lipinski definition) is 6. The lowest BCUT2D eigenvalue weighted by Crippen LogP contribution is -2.53. The van der Waals surface area contributed by atoms with Gasteiger partial charge in [-0.3, -0.25) is 4.90 Å². The number of anilines is 1. The summed E-state index contributed by atoms with van der Waals surface area (Å²) in [5, 5.41) is 3.62. The van der Waals surface area contributed by atoms with E-state index in [9.17, 15) is 4.79 Å². The standard InChI is InChI=1S/C20H26FN3O3/c1-12-17(24-7-6-23(2)13(10-24)11-26-3)8-16(21)18-14-4-5-22-9-15(14)20(25)27-19(12)18/h8,13,22H,4-7,9-11H2,1-3H3/t13-/m1/s1. The lowest BCUT2D eigenvalue weighted by atomic mass is 9.96. The van der Waals surface area contributed by atoms with E-state index < -0.39 is 0 Å². The van der Waals surface area contributed by atoms with E-state index in [1.165, 1.54) is 0 Å². The molecule has 0 amide bonds. The number of fused-ring (bicyclic) bond motifs is 3. The molecular weight excluding hydrogens is 349 g/mol. The van der Waals surface area contributed by atoms with Crippen molar-refractivity contribution >= 4 is 16.7 Å². The third-order valence-electron chi connectivity index (χ3n) is 5.89. The highest BCUT2D eigenvalue weighted by molar-refractivity contribution is 5.89. The number of ether oxygens (including phenoxy) is 1. The van der Waals surface area contributed by atoms with Crippen LogP contribution in [-0.4, -0.2) is 57.9 Å². The normalized spacial score (nSPS) is 20.9. The van der Waals surface area contributed by atoms with E-state index in [0.717, 1.165) is 43.0 Å². The Balaban J connectivity index is 1.82. The van der Waals surface area contributed by atoms with Gasteiger partial charge in [0.25, 0.3) is 0 Å². The first kappa shape index (κ1) is 18.4. The van der Waals surface area contributed by atoms with Gasteiger partial charge in [0.15, 0.2) is 0 Å². The minimum Gasteiger partial charge on any atom is -0.422 e. The molecule has 3 heterocycles. The van der Waals surface area contributed by atoms with Crippen molar-refractivity contribution in [2.24, 2.45) is 0 Å². The van der Waals surface area contributed by atoms with E-state index in [2.05, 4.69) is 22.2 Å². The predicted molar refractivity (Wildman–Crippen MR) is 103 cm³/mol. The molecule has 1 fully saturated rings. The maximum atomic E-state index is 15.2. The molecule has 1 N–H and O–H groups in total. The molecule has 0 saturated carbocycles. The molecule has 4 rings (SSSR count). The molecular formula is C20H26FN3O3. The van der Waals surface area contributed by atoms with E-state index >= 15 is 4.39 Å². The number of likely N-dealkylation sites (N-methyl/N-ethyl adjacent to an activating group) is 1. The summed E-state index contributed by atoms with van der Waals surface area (Å²) in [5.41, 5.74) is 3.00. The summed E-state index contributed by atoms with van der Waals surface area (Å²) in [5.74, 6) is -0.310. The van der Waals surface area contributed by atoms with Gasteiger partial charge in [-0.05, 0) is 38.6 Å². The quantitative estimate of drug-likeness (QED) is 0.824. The second-order valence-corrected chi connectivity index (χ2v) is 7.52. The van der Waals surface area contributed by atoms with E-state index in [-0.39, 0.29) is 17.5 Å². The first-order chi connectivity index (χ1) is 13.0. The number of methoxy groups -OCH3 is 1. The number of hydrogen-bond donors (Lipinski definition) is 1. The van der Waals surface area contributed by atoms with E-state index in [1.54, 1.807) is 13.2 Å². The minimum atomic E-state index is -0.361. The van der Waals surface area contributed by atoms with Crippen molar-refractivity contribution in [3.63, 3.8) is 0 Å². The number of benzene rings is 1. The fourth-order valence-electron chi connectivity index (χ4n) is 4.30. The second-order valence-electron chi connectivity index (χ2n) is 7.52. The van der Waals surface area contributed by atoms with Crippen LogP contribution < -0.4 is 15.8 Å². The average Bonchev–Trinajstić information content (AvgIpc) is 2.66. The van der Waals surface area contributed by atoms with Crippen LogP contribution in [-0.2, 0) is 17.7 Å². The van der Waals surface area contributed by atoms with Crippen molar-refractivity contribution in [3.05, 3.63) is 39.0 Å². The smallest absolute Gasteiger partial charge is 0.341 e. The average molecular weight is 375 g/mol. The first-order valence-electron chi connectivity index (χ1n) is 9.43. The van der Waals surface area contributed by atoms with Gasteiger partial charge >= 0.3 is 5.63 Å². The van der Waals surface area contributed by atoms with Gasteiger partial charge in [0, 0.05) is 44.5 Å². The molecule has 0 radical (unpaired) electrons. The highest BCUT2D eigenvalue weighted by Crippen LogP contribution is 2.34. The minimum absolute atomic E-state index is 0.239. The van der Waals surface area contributed by atoms with Crippen LogP contribution in [0.5, 0.6) is 0 Å².